The summed E-state index contributed by atoms with van der Waals surface area (Å²) >= 11 is 0. The zero-order valence-electron chi connectivity index (χ0n) is 14.8. The Morgan fingerprint density at radius 1 is 1.00 bits per heavy atom. The molecule has 1 N–H and O–H groups in total. The predicted molar refractivity (Wildman–Crippen MR) is 101 cm³/mol. The number of anilines is 1. The van der Waals surface area contributed by atoms with Crippen LogP contribution in [0.5, 0.6) is 0 Å². The van der Waals surface area contributed by atoms with E-state index in [2.05, 4.69) is 41.4 Å². The van der Waals surface area contributed by atoms with Gasteiger partial charge in [-0.15, -0.1) is 0 Å². The average molecular weight is 338 g/mol. The lowest BCUT2D eigenvalue weighted by atomic mass is 10.1. The van der Waals surface area contributed by atoms with Crippen molar-refractivity contribution in [3.63, 3.8) is 0 Å². The monoisotopic (exact) mass is 338 g/mol. The molecule has 1 saturated heterocycles. The molecule has 0 aliphatic carbocycles. The molecule has 4 nitrogen and oxygen atoms in total. The molecule has 0 saturated carbocycles. The van der Waals surface area contributed by atoms with Crippen molar-refractivity contribution < 1.29 is 9.53 Å². The van der Waals surface area contributed by atoms with Crippen molar-refractivity contribution in [3.05, 3.63) is 65.2 Å². The third kappa shape index (κ3) is 4.83. The molecule has 0 atom stereocenters. The van der Waals surface area contributed by atoms with Crippen LogP contribution in [0, 0.1) is 0 Å². The fourth-order valence-electron chi connectivity index (χ4n) is 3.01. The van der Waals surface area contributed by atoms with Crippen molar-refractivity contribution in [2.75, 3.05) is 37.7 Å². The number of hydrogen-bond donors (Lipinski definition) is 1. The summed E-state index contributed by atoms with van der Waals surface area (Å²) in [6.07, 6.45) is 1.82. The van der Waals surface area contributed by atoms with Crippen molar-refractivity contribution >= 4 is 11.6 Å². The second kappa shape index (κ2) is 8.67. The first-order chi connectivity index (χ1) is 12.3. The van der Waals surface area contributed by atoms with Gasteiger partial charge in [-0.25, -0.2) is 0 Å². The molecule has 25 heavy (non-hydrogen) atoms. The van der Waals surface area contributed by atoms with E-state index in [9.17, 15) is 4.79 Å². The van der Waals surface area contributed by atoms with Gasteiger partial charge in [0.25, 0.3) is 5.91 Å². The summed E-state index contributed by atoms with van der Waals surface area (Å²) in [6, 6.07) is 16.4. The average Bonchev–Trinajstić information content (AvgIpc) is 2.69. The molecule has 0 unspecified atom stereocenters. The molecule has 0 spiro atoms. The molecule has 1 heterocycles. The minimum atomic E-state index is -0.00686. The van der Waals surface area contributed by atoms with E-state index in [-0.39, 0.29) is 5.91 Å². The number of rotatable bonds is 6. The van der Waals surface area contributed by atoms with Crippen molar-refractivity contribution in [3.8, 4) is 0 Å². The highest BCUT2D eigenvalue weighted by atomic mass is 16.5. The Balaban J connectivity index is 1.47. The van der Waals surface area contributed by atoms with Crippen molar-refractivity contribution in [1.82, 2.24) is 5.32 Å². The molecule has 1 amide bonds. The minimum Gasteiger partial charge on any atom is -0.378 e. The van der Waals surface area contributed by atoms with Gasteiger partial charge in [0.05, 0.1) is 13.2 Å². The van der Waals surface area contributed by atoms with E-state index in [0.717, 1.165) is 44.7 Å². The lowest BCUT2D eigenvalue weighted by Gasteiger charge is -2.28. The van der Waals surface area contributed by atoms with Crippen molar-refractivity contribution in [2.24, 2.45) is 0 Å². The van der Waals surface area contributed by atoms with Gasteiger partial charge in [0.1, 0.15) is 0 Å². The van der Waals surface area contributed by atoms with E-state index in [4.69, 9.17) is 4.74 Å². The quantitative estimate of drug-likeness (QED) is 0.880. The summed E-state index contributed by atoms with van der Waals surface area (Å²) in [7, 11) is 0. The number of ether oxygens (including phenoxy) is 1. The molecule has 2 aromatic carbocycles. The zero-order valence-corrected chi connectivity index (χ0v) is 14.8. The van der Waals surface area contributed by atoms with E-state index < -0.39 is 0 Å². The number of carbonyl (C=O) groups is 1. The number of nitrogens with zero attached hydrogens (tertiary/aromatic N) is 1. The highest BCUT2D eigenvalue weighted by molar-refractivity contribution is 5.94. The maximum Gasteiger partial charge on any atom is 0.251 e. The van der Waals surface area contributed by atoms with Crippen LogP contribution in [-0.2, 0) is 17.6 Å². The van der Waals surface area contributed by atoms with Crippen LogP contribution in [0.4, 0.5) is 5.69 Å². The largest absolute Gasteiger partial charge is 0.378 e. The number of nitrogens with one attached hydrogen (secondary N) is 1. The van der Waals surface area contributed by atoms with Gasteiger partial charge in [-0.2, -0.15) is 0 Å². The van der Waals surface area contributed by atoms with Gasteiger partial charge in [0, 0.05) is 30.9 Å². The first-order valence-electron chi connectivity index (χ1n) is 9.05. The van der Waals surface area contributed by atoms with E-state index in [0.29, 0.717) is 6.54 Å². The van der Waals surface area contributed by atoms with Crippen molar-refractivity contribution in [1.29, 1.82) is 0 Å². The second-order valence-corrected chi connectivity index (χ2v) is 6.32. The van der Waals surface area contributed by atoms with E-state index in [1.54, 1.807) is 0 Å². The Kier molecular flexibility index (Phi) is 6.07. The van der Waals surface area contributed by atoms with Gasteiger partial charge in [-0.3, -0.25) is 4.79 Å². The third-order valence-electron chi connectivity index (χ3n) is 4.64. The lowest BCUT2D eigenvalue weighted by molar-refractivity contribution is 0.0954. The van der Waals surface area contributed by atoms with Gasteiger partial charge < -0.3 is 15.0 Å². The molecule has 1 aliphatic heterocycles. The Morgan fingerprint density at radius 2 is 1.64 bits per heavy atom. The van der Waals surface area contributed by atoms with Gasteiger partial charge in [-0.1, -0.05) is 31.2 Å². The highest BCUT2D eigenvalue weighted by Crippen LogP contribution is 2.16. The molecule has 1 fully saturated rings. The first kappa shape index (κ1) is 17.5. The van der Waals surface area contributed by atoms with Crippen LogP contribution < -0.4 is 10.2 Å². The van der Waals surface area contributed by atoms with Crippen LogP contribution in [0.25, 0.3) is 0 Å². The predicted octanol–water partition coefficient (Wildman–Crippen LogP) is 3.06. The van der Waals surface area contributed by atoms with E-state index in [1.807, 2.05) is 24.3 Å². The Bertz CT molecular complexity index is 674. The summed E-state index contributed by atoms with van der Waals surface area (Å²) in [6.45, 7) is 6.25. The summed E-state index contributed by atoms with van der Waals surface area (Å²) in [5, 5.41) is 3.00. The molecule has 0 bridgehead atoms. The molecule has 2 aromatic rings. The smallest absolute Gasteiger partial charge is 0.251 e. The highest BCUT2D eigenvalue weighted by Gasteiger charge is 2.10. The van der Waals surface area contributed by atoms with E-state index in [1.165, 1.54) is 16.8 Å². The van der Waals surface area contributed by atoms with Gasteiger partial charge >= 0.3 is 0 Å². The van der Waals surface area contributed by atoms with Crippen LogP contribution in [0.3, 0.4) is 0 Å². The normalized spacial score (nSPS) is 14.4. The van der Waals surface area contributed by atoms with Crippen LogP contribution in [0.2, 0.25) is 0 Å². The number of aryl methyl sites for hydroxylation is 1. The van der Waals surface area contributed by atoms with Crippen LogP contribution in [0.15, 0.2) is 48.5 Å². The zero-order chi connectivity index (χ0) is 17.5. The lowest BCUT2D eigenvalue weighted by Crippen LogP contribution is -2.36. The Labute approximate surface area is 149 Å². The van der Waals surface area contributed by atoms with Gasteiger partial charge in [0.15, 0.2) is 0 Å². The summed E-state index contributed by atoms with van der Waals surface area (Å²) in [4.78, 5) is 14.5. The molecule has 4 heteroatoms. The summed E-state index contributed by atoms with van der Waals surface area (Å²) in [5.41, 5.74) is 4.45. The fourth-order valence-corrected chi connectivity index (χ4v) is 3.01. The third-order valence-corrected chi connectivity index (χ3v) is 4.64. The molecule has 1 aliphatic rings. The van der Waals surface area contributed by atoms with Gasteiger partial charge in [-0.05, 0) is 48.2 Å². The fraction of sp³-hybridized carbons (Fsp3) is 0.381. The second-order valence-electron chi connectivity index (χ2n) is 6.32. The number of carbonyl (C=O) groups excluding carboxylic acids is 1. The molecular formula is C21H26N2O2. The number of benzene rings is 2. The van der Waals surface area contributed by atoms with E-state index >= 15 is 0 Å². The van der Waals surface area contributed by atoms with Crippen LogP contribution >= 0.6 is 0 Å². The molecular weight excluding hydrogens is 312 g/mol. The standard InChI is InChI=1S/C21H26N2O2/c1-2-17-3-7-19(8-4-17)21(24)22-12-11-18-5-9-20(10-6-18)23-13-15-25-16-14-23/h3-10H,2,11-16H2,1H3,(H,22,24). The maximum absolute atomic E-state index is 12.2. The Morgan fingerprint density at radius 3 is 2.28 bits per heavy atom. The molecule has 0 aromatic heterocycles. The summed E-state index contributed by atoms with van der Waals surface area (Å²) < 4.78 is 5.39. The SMILES string of the molecule is CCc1ccc(C(=O)NCCc2ccc(N3CCOCC3)cc2)cc1. The molecule has 3 rings (SSSR count). The first-order valence-corrected chi connectivity index (χ1v) is 9.05. The minimum absolute atomic E-state index is 0.00686. The topological polar surface area (TPSA) is 41.6 Å². The van der Waals surface area contributed by atoms with Crippen molar-refractivity contribution in [2.45, 2.75) is 19.8 Å². The number of hydrogen-bond acceptors (Lipinski definition) is 3. The molecule has 132 valence electrons. The van der Waals surface area contributed by atoms with Crippen LogP contribution in [0.1, 0.15) is 28.4 Å². The number of amides is 1. The maximum atomic E-state index is 12.2. The van der Waals surface area contributed by atoms with Crippen LogP contribution in [-0.4, -0.2) is 38.8 Å². The van der Waals surface area contributed by atoms with Gasteiger partial charge in [0.2, 0.25) is 0 Å². The Hall–Kier alpha value is -2.33. The number of morpholine rings is 1. The molecule has 0 radical (unpaired) electrons. The summed E-state index contributed by atoms with van der Waals surface area (Å²) in [5.74, 6) is -0.00686.